The summed E-state index contributed by atoms with van der Waals surface area (Å²) >= 11 is 2.53. The molecule has 0 radical (unpaired) electrons. The van der Waals surface area contributed by atoms with Crippen molar-refractivity contribution in [3.05, 3.63) is 78.6 Å². The van der Waals surface area contributed by atoms with Crippen LogP contribution >= 0.6 is 22.7 Å². The Morgan fingerprint density at radius 3 is 2.71 bits per heavy atom. The van der Waals surface area contributed by atoms with Crippen LogP contribution in [-0.4, -0.2) is 87.4 Å². The number of halogens is 1. The smallest absolute Gasteiger partial charge is 0.305 e. The standard InChI is InChI=1S/C35H44FN5O5S2/c1-3-22(4-2)32-38-26(20-47-32)33(44)41-16-17-46-35(21-41)11-14-40(15-12-35)19-24-7-5-6-23(29(24)36)10-13-37-18-28(43)25-8-9-27(42)30-31(25)48-34(45)39-30/h5-9,20,22,28,37,42-43H,3-4,10-19,21H2,1-2H3,(H,39,45)/t28-/m0/s1. The molecule has 1 amide bonds. The number of nitrogens with one attached hydrogen (secondary N) is 2. The maximum absolute atomic E-state index is 15.6. The summed E-state index contributed by atoms with van der Waals surface area (Å²) in [7, 11) is 0. The molecule has 2 fully saturated rings. The Morgan fingerprint density at radius 2 is 1.94 bits per heavy atom. The van der Waals surface area contributed by atoms with Gasteiger partial charge in [-0.3, -0.25) is 14.5 Å². The minimum atomic E-state index is -0.893. The van der Waals surface area contributed by atoms with Gasteiger partial charge >= 0.3 is 4.87 Å². The fourth-order valence-corrected chi connectivity index (χ4v) is 8.86. The van der Waals surface area contributed by atoms with E-state index in [1.165, 1.54) is 6.07 Å². The molecule has 4 N–H and O–H groups in total. The molecule has 6 rings (SSSR count). The number of benzene rings is 2. The number of hydrogen-bond donors (Lipinski definition) is 4. The summed E-state index contributed by atoms with van der Waals surface area (Å²) in [5.74, 6) is 0.126. The quantitative estimate of drug-likeness (QED) is 0.149. The Labute approximate surface area is 287 Å². The number of ether oxygens (including phenoxy) is 1. The van der Waals surface area contributed by atoms with Crippen molar-refractivity contribution in [2.24, 2.45) is 0 Å². The number of aromatic hydroxyl groups is 1. The minimum Gasteiger partial charge on any atom is -0.506 e. The predicted octanol–water partition coefficient (Wildman–Crippen LogP) is 5.17. The normalized spacial score (nSPS) is 17.5. The van der Waals surface area contributed by atoms with Gasteiger partial charge < -0.3 is 30.2 Å². The van der Waals surface area contributed by atoms with E-state index in [-0.39, 0.29) is 34.5 Å². The van der Waals surface area contributed by atoms with Crippen LogP contribution in [0.25, 0.3) is 10.2 Å². The number of amides is 1. The molecule has 4 heterocycles. The molecule has 1 atom stereocenters. The molecular weight excluding hydrogens is 654 g/mol. The first kappa shape index (κ1) is 34.7. The summed E-state index contributed by atoms with van der Waals surface area (Å²) in [5.41, 5.74) is 2.28. The highest BCUT2D eigenvalue weighted by Gasteiger charge is 2.41. The highest BCUT2D eigenvalue weighted by molar-refractivity contribution is 7.16. The second-order valence-corrected chi connectivity index (χ2v) is 14.7. The number of aliphatic hydroxyl groups excluding tert-OH is 1. The highest BCUT2D eigenvalue weighted by Crippen LogP contribution is 2.33. The van der Waals surface area contributed by atoms with E-state index in [4.69, 9.17) is 9.72 Å². The molecule has 2 aliphatic heterocycles. The molecule has 2 aromatic carbocycles. The maximum atomic E-state index is 15.6. The Kier molecular flexibility index (Phi) is 10.9. The highest BCUT2D eigenvalue weighted by atomic mass is 32.1. The number of carbonyl (C=O) groups is 1. The summed E-state index contributed by atoms with van der Waals surface area (Å²) in [4.78, 5) is 36.3. The van der Waals surface area contributed by atoms with Crippen molar-refractivity contribution in [3.8, 4) is 5.75 Å². The average molecular weight is 698 g/mol. The molecule has 2 aromatic heterocycles. The van der Waals surface area contributed by atoms with Gasteiger partial charge in [-0.25, -0.2) is 9.37 Å². The van der Waals surface area contributed by atoms with Gasteiger partial charge in [-0.15, -0.1) is 11.3 Å². The van der Waals surface area contributed by atoms with Gasteiger partial charge in [0.25, 0.3) is 5.91 Å². The number of rotatable bonds is 12. The van der Waals surface area contributed by atoms with E-state index in [2.05, 4.69) is 29.0 Å². The van der Waals surface area contributed by atoms with Crippen molar-refractivity contribution >= 4 is 38.8 Å². The summed E-state index contributed by atoms with van der Waals surface area (Å²) in [6, 6.07) is 8.58. The Bertz CT molecular complexity index is 1780. The van der Waals surface area contributed by atoms with Crippen molar-refractivity contribution in [1.29, 1.82) is 0 Å². The monoisotopic (exact) mass is 697 g/mol. The zero-order valence-electron chi connectivity index (χ0n) is 27.5. The van der Waals surface area contributed by atoms with Crippen LogP contribution in [0, 0.1) is 5.82 Å². The van der Waals surface area contributed by atoms with E-state index in [1.807, 2.05) is 22.4 Å². The molecule has 0 saturated carbocycles. The van der Waals surface area contributed by atoms with Crippen LogP contribution in [0.2, 0.25) is 0 Å². The second kappa shape index (κ2) is 15.1. The summed E-state index contributed by atoms with van der Waals surface area (Å²) in [5, 5.41) is 26.9. The number of piperidine rings is 1. The lowest BCUT2D eigenvalue weighted by atomic mass is 9.89. The Morgan fingerprint density at radius 1 is 1.17 bits per heavy atom. The number of H-pyrrole nitrogens is 1. The van der Waals surface area contributed by atoms with Gasteiger partial charge in [0, 0.05) is 55.1 Å². The molecule has 0 unspecified atom stereocenters. The van der Waals surface area contributed by atoms with Crippen LogP contribution in [0.1, 0.15) is 83.7 Å². The number of aliphatic hydroxyl groups is 1. The van der Waals surface area contributed by atoms with E-state index in [1.54, 1.807) is 23.5 Å². The van der Waals surface area contributed by atoms with Crippen LogP contribution in [0.3, 0.4) is 0 Å². The van der Waals surface area contributed by atoms with Crippen molar-refractivity contribution in [2.75, 3.05) is 45.9 Å². The Hall–Kier alpha value is -3.20. The van der Waals surface area contributed by atoms with Crippen LogP contribution in [0.4, 0.5) is 4.39 Å². The van der Waals surface area contributed by atoms with E-state index in [0.717, 1.165) is 55.1 Å². The molecule has 258 valence electrons. The van der Waals surface area contributed by atoms with Gasteiger partial charge in [0.2, 0.25) is 0 Å². The molecule has 1 spiro atoms. The van der Waals surface area contributed by atoms with Crippen LogP contribution in [0.15, 0.2) is 40.5 Å². The number of aromatic amines is 1. The molecule has 2 aliphatic rings. The molecule has 4 aromatic rings. The predicted molar refractivity (Wildman–Crippen MR) is 187 cm³/mol. The zero-order valence-corrected chi connectivity index (χ0v) is 29.1. The minimum absolute atomic E-state index is 0.0203. The van der Waals surface area contributed by atoms with E-state index in [9.17, 15) is 19.8 Å². The number of nitrogens with zero attached hydrogens (tertiary/aromatic N) is 3. The third kappa shape index (κ3) is 7.51. The van der Waals surface area contributed by atoms with Crippen LogP contribution in [-0.2, 0) is 17.7 Å². The lowest BCUT2D eigenvalue weighted by molar-refractivity contribution is -0.128. The van der Waals surface area contributed by atoms with E-state index >= 15 is 4.39 Å². The zero-order chi connectivity index (χ0) is 33.8. The lowest BCUT2D eigenvalue weighted by Crippen LogP contribution is -2.58. The number of phenolic OH excluding ortho intramolecular Hbond substituents is 1. The van der Waals surface area contributed by atoms with E-state index in [0.29, 0.717) is 77.7 Å². The lowest BCUT2D eigenvalue weighted by Gasteiger charge is -2.47. The fourth-order valence-electron chi connectivity index (χ4n) is 6.88. The number of morpholine rings is 1. The van der Waals surface area contributed by atoms with Gasteiger partial charge in [0.15, 0.2) is 0 Å². The first-order valence-electron chi connectivity index (χ1n) is 16.8. The number of hydrogen-bond acceptors (Lipinski definition) is 10. The van der Waals surface area contributed by atoms with Gasteiger partial charge in [0.1, 0.15) is 22.8 Å². The van der Waals surface area contributed by atoms with Gasteiger partial charge in [-0.1, -0.05) is 49.4 Å². The summed E-state index contributed by atoms with van der Waals surface area (Å²) < 4.78 is 22.4. The number of thiazole rings is 2. The van der Waals surface area contributed by atoms with Crippen molar-refractivity contribution in [3.63, 3.8) is 0 Å². The summed E-state index contributed by atoms with van der Waals surface area (Å²) in [6.45, 7) is 8.60. The third-order valence-electron chi connectivity index (χ3n) is 9.79. The summed E-state index contributed by atoms with van der Waals surface area (Å²) in [6.07, 6.45) is 3.13. The third-order valence-corrected chi connectivity index (χ3v) is 11.7. The fraction of sp³-hybridized carbons (Fsp3) is 0.514. The van der Waals surface area contributed by atoms with Crippen LogP contribution in [0.5, 0.6) is 5.75 Å². The molecule has 10 nitrogen and oxygen atoms in total. The largest absolute Gasteiger partial charge is 0.506 e. The van der Waals surface area contributed by atoms with Gasteiger partial charge in [0.05, 0.1) is 34.6 Å². The molecule has 0 aliphatic carbocycles. The molecule has 13 heteroatoms. The molecule has 48 heavy (non-hydrogen) atoms. The Balaban J connectivity index is 0.990. The number of phenols is 1. The number of fused-ring (bicyclic) bond motifs is 1. The first-order chi connectivity index (χ1) is 23.2. The van der Waals surface area contributed by atoms with Crippen molar-refractivity contribution in [2.45, 2.75) is 70.1 Å². The SMILES string of the molecule is CCC(CC)c1nc(C(=O)N2CCOC3(CCN(Cc4cccc(CCNC[C@H](O)c5ccc(O)c6[nH]c(=O)sc56)c4F)CC3)C2)cs1. The molecule has 0 bridgehead atoms. The van der Waals surface area contributed by atoms with E-state index < -0.39 is 6.10 Å². The van der Waals surface area contributed by atoms with Crippen LogP contribution < -0.4 is 10.2 Å². The topological polar surface area (TPSA) is 131 Å². The molecular formula is C35H44FN5O5S2. The van der Waals surface area contributed by atoms with Gasteiger partial charge in [-0.2, -0.15) is 0 Å². The van der Waals surface area contributed by atoms with Crippen molar-refractivity contribution < 1.29 is 24.1 Å². The first-order valence-corrected chi connectivity index (χ1v) is 18.5. The number of likely N-dealkylation sites (tertiary alicyclic amines) is 1. The molecule has 2 saturated heterocycles. The number of aromatic nitrogens is 2. The van der Waals surface area contributed by atoms with Crippen molar-refractivity contribution in [1.82, 2.24) is 25.1 Å². The van der Waals surface area contributed by atoms with Gasteiger partial charge in [-0.05, 0) is 50.3 Å². The maximum Gasteiger partial charge on any atom is 0.305 e. The average Bonchev–Trinajstić information content (AvgIpc) is 3.74. The second-order valence-electron chi connectivity index (χ2n) is 12.9. The number of carbonyl (C=O) groups excluding carboxylic acids is 1.